The van der Waals surface area contributed by atoms with Crippen LogP contribution in [0.1, 0.15) is 10.9 Å². The number of hydrogen-bond donors (Lipinski definition) is 1. The molecule has 1 aliphatic heterocycles. The van der Waals surface area contributed by atoms with Gasteiger partial charge in [-0.05, 0) is 29.8 Å². The van der Waals surface area contributed by atoms with Gasteiger partial charge in [0.1, 0.15) is 5.37 Å². The summed E-state index contributed by atoms with van der Waals surface area (Å²) >= 11 is 13.8. The number of amides is 2. The van der Waals surface area contributed by atoms with Crippen LogP contribution < -0.4 is 5.32 Å². The van der Waals surface area contributed by atoms with Gasteiger partial charge in [-0.1, -0.05) is 29.3 Å². The van der Waals surface area contributed by atoms with E-state index in [2.05, 4.69) is 10.3 Å². The number of rotatable bonds is 2. The molecule has 3 rings (SSSR count). The molecule has 1 aliphatic rings. The molecule has 1 saturated heterocycles. The summed E-state index contributed by atoms with van der Waals surface area (Å²) in [4.78, 5) is 18.4. The molecule has 0 unspecified atom stereocenters. The summed E-state index contributed by atoms with van der Waals surface area (Å²) in [6, 6.07) is 8.84. The molecule has 22 heavy (non-hydrogen) atoms. The Morgan fingerprint density at radius 1 is 1.27 bits per heavy atom. The topological polar surface area (TPSA) is 45.2 Å². The minimum absolute atomic E-state index is 0.0130. The quantitative estimate of drug-likeness (QED) is 0.853. The molecule has 1 fully saturated rings. The largest absolute Gasteiger partial charge is 0.323 e. The predicted molar refractivity (Wildman–Crippen MR) is 91.6 cm³/mol. The maximum atomic E-state index is 12.5. The van der Waals surface area contributed by atoms with E-state index in [1.807, 2.05) is 12.1 Å². The van der Waals surface area contributed by atoms with Gasteiger partial charge in [0.15, 0.2) is 0 Å². The zero-order valence-corrected chi connectivity index (χ0v) is 13.8. The summed E-state index contributed by atoms with van der Waals surface area (Å²) in [7, 11) is 0. The third kappa shape index (κ3) is 3.16. The van der Waals surface area contributed by atoms with Crippen LogP contribution in [0.15, 0.2) is 42.7 Å². The lowest BCUT2D eigenvalue weighted by atomic mass is 10.2. The van der Waals surface area contributed by atoms with Crippen LogP contribution in [0.5, 0.6) is 0 Å². The Kier molecular flexibility index (Phi) is 4.76. The molecule has 1 aromatic heterocycles. The van der Waals surface area contributed by atoms with E-state index in [1.165, 1.54) is 0 Å². The highest BCUT2D eigenvalue weighted by Crippen LogP contribution is 2.38. The average molecular weight is 354 g/mol. The van der Waals surface area contributed by atoms with Crippen LogP contribution in [0, 0.1) is 0 Å². The SMILES string of the molecule is O=C(Nc1cccc(Cl)c1Cl)N1CCS[C@@H]1c1ccncc1. The Morgan fingerprint density at radius 2 is 2.05 bits per heavy atom. The number of pyridine rings is 1. The molecule has 2 heterocycles. The molecule has 2 aromatic rings. The average Bonchev–Trinajstić information content (AvgIpc) is 3.02. The number of anilines is 1. The van der Waals surface area contributed by atoms with Crippen LogP contribution >= 0.6 is 35.0 Å². The first-order valence-corrected chi connectivity index (χ1v) is 8.50. The van der Waals surface area contributed by atoms with E-state index < -0.39 is 0 Å². The van der Waals surface area contributed by atoms with Crippen molar-refractivity contribution >= 4 is 46.7 Å². The highest BCUT2D eigenvalue weighted by Gasteiger charge is 2.30. The van der Waals surface area contributed by atoms with Crippen molar-refractivity contribution in [3.63, 3.8) is 0 Å². The molecular formula is C15H13Cl2N3OS. The maximum absolute atomic E-state index is 12.5. The molecule has 0 saturated carbocycles. The first-order valence-electron chi connectivity index (χ1n) is 6.70. The van der Waals surface area contributed by atoms with Crippen molar-refractivity contribution in [2.24, 2.45) is 0 Å². The highest BCUT2D eigenvalue weighted by atomic mass is 35.5. The number of urea groups is 1. The monoisotopic (exact) mass is 353 g/mol. The van der Waals surface area contributed by atoms with Crippen molar-refractivity contribution in [3.05, 3.63) is 58.3 Å². The first kappa shape index (κ1) is 15.5. The van der Waals surface area contributed by atoms with Crippen LogP contribution in [0.25, 0.3) is 0 Å². The molecule has 7 heteroatoms. The molecule has 0 spiro atoms. The van der Waals surface area contributed by atoms with Crippen LogP contribution in [-0.4, -0.2) is 28.2 Å². The Hall–Kier alpha value is -1.43. The zero-order valence-electron chi connectivity index (χ0n) is 11.5. The maximum Gasteiger partial charge on any atom is 0.323 e. The summed E-state index contributed by atoms with van der Waals surface area (Å²) in [5.41, 5.74) is 1.58. The van der Waals surface area contributed by atoms with Crippen molar-refractivity contribution < 1.29 is 4.79 Å². The number of thioether (sulfide) groups is 1. The summed E-state index contributed by atoms with van der Waals surface area (Å²) in [6.45, 7) is 0.682. The predicted octanol–water partition coefficient (Wildman–Crippen LogP) is 4.67. The minimum atomic E-state index is -0.184. The number of benzene rings is 1. The lowest BCUT2D eigenvalue weighted by Crippen LogP contribution is -2.34. The van der Waals surface area contributed by atoms with E-state index in [1.54, 1.807) is 47.3 Å². The Balaban J connectivity index is 1.78. The Morgan fingerprint density at radius 3 is 2.82 bits per heavy atom. The molecular weight excluding hydrogens is 341 g/mol. The number of hydrogen-bond acceptors (Lipinski definition) is 3. The van der Waals surface area contributed by atoms with Crippen molar-refractivity contribution in [3.8, 4) is 0 Å². The Bertz CT molecular complexity index is 684. The van der Waals surface area contributed by atoms with E-state index in [0.29, 0.717) is 22.3 Å². The Labute approximate surface area is 142 Å². The van der Waals surface area contributed by atoms with Gasteiger partial charge in [0.25, 0.3) is 0 Å². The molecule has 0 radical (unpaired) electrons. The van der Waals surface area contributed by atoms with Gasteiger partial charge in [-0.25, -0.2) is 4.79 Å². The van der Waals surface area contributed by atoms with Crippen LogP contribution in [0.3, 0.4) is 0 Å². The summed E-state index contributed by atoms with van der Waals surface area (Å²) in [5.74, 6) is 0.893. The fourth-order valence-corrected chi connectivity index (χ4v) is 3.87. The molecule has 1 atom stereocenters. The summed E-state index contributed by atoms with van der Waals surface area (Å²) in [6.07, 6.45) is 3.47. The lowest BCUT2D eigenvalue weighted by Gasteiger charge is -2.24. The number of aromatic nitrogens is 1. The number of carbonyl (C=O) groups excluding carboxylic acids is 1. The number of nitrogens with one attached hydrogen (secondary N) is 1. The van der Waals surface area contributed by atoms with Gasteiger partial charge in [-0.3, -0.25) is 4.98 Å². The first-order chi connectivity index (χ1) is 10.7. The summed E-state index contributed by atoms with van der Waals surface area (Å²) in [5, 5.41) is 3.59. The molecule has 0 aliphatic carbocycles. The lowest BCUT2D eigenvalue weighted by molar-refractivity contribution is 0.214. The normalized spacial score (nSPS) is 17.5. The van der Waals surface area contributed by atoms with Crippen LogP contribution in [0.4, 0.5) is 10.5 Å². The van der Waals surface area contributed by atoms with Gasteiger partial charge in [-0.2, -0.15) is 0 Å². The van der Waals surface area contributed by atoms with Gasteiger partial charge in [0.2, 0.25) is 0 Å². The fourth-order valence-electron chi connectivity index (χ4n) is 2.27. The highest BCUT2D eigenvalue weighted by molar-refractivity contribution is 7.99. The molecule has 1 aromatic carbocycles. The van der Waals surface area contributed by atoms with Gasteiger partial charge >= 0.3 is 6.03 Å². The molecule has 1 N–H and O–H groups in total. The van der Waals surface area contributed by atoms with Gasteiger partial charge in [-0.15, -0.1) is 11.8 Å². The second-order valence-corrected chi connectivity index (χ2v) is 6.70. The second kappa shape index (κ2) is 6.77. The van der Waals surface area contributed by atoms with E-state index in [0.717, 1.165) is 11.3 Å². The van der Waals surface area contributed by atoms with Crippen LogP contribution in [-0.2, 0) is 0 Å². The van der Waals surface area contributed by atoms with Gasteiger partial charge in [0, 0.05) is 24.7 Å². The van der Waals surface area contributed by atoms with Gasteiger partial charge in [0.05, 0.1) is 15.7 Å². The zero-order chi connectivity index (χ0) is 15.5. The van der Waals surface area contributed by atoms with Crippen molar-refractivity contribution in [2.45, 2.75) is 5.37 Å². The standard InChI is InChI=1S/C15H13Cl2N3OS/c16-11-2-1-3-12(13(11)17)19-15(21)20-8-9-22-14(20)10-4-6-18-7-5-10/h1-7,14H,8-9H2,(H,19,21)/t14-/m1/s1. The van der Waals surface area contributed by atoms with E-state index in [-0.39, 0.29) is 11.4 Å². The fraction of sp³-hybridized carbons (Fsp3) is 0.200. The van der Waals surface area contributed by atoms with Crippen molar-refractivity contribution in [1.29, 1.82) is 0 Å². The molecule has 0 bridgehead atoms. The molecule has 2 amide bonds. The van der Waals surface area contributed by atoms with Crippen molar-refractivity contribution in [1.82, 2.24) is 9.88 Å². The number of nitrogens with zero attached hydrogens (tertiary/aromatic N) is 2. The molecule has 114 valence electrons. The second-order valence-electron chi connectivity index (χ2n) is 4.73. The van der Waals surface area contributed by atoms with E-state index >= 15 is 0 Å². The minimum Gasteiger partial charge on any atom is -0.308 e. The number of carbonyl (C=O) groups is 1. The third-order valence-electron chi connectivity index (χ3n) is 3.34. The number of halogens is 2. The summed E-state index contributed by atoms with van der Waals surface area (Å²) < 4.78 is 0. The van der Waals surface area contributed by atoms with E-state index in [4.69, 9.17) is 23.2 Å². The third-order valence-corrected chi connectivity index (χ3v) is 5.42. The van der Waals surface area contributed by atoms with Crippen LogP contribution in [0.2, 0.25) is 10.0 Å². The van der Waals surface area contributed by atoms with E-state index in [9.17, 15) is 4.79 Å². The van der Waals surface area contributed by atoms with Gasteiger partial charge < -0.3 is 10.2 Å². The molecule has 4 nitrogen and oxygen atoms in total. The van der Waals surface area contributed by atoms with Crippen molar-refractivity contribution in [2.75, 3.05) is 17.6 Å². The smallest absolute Gasteiger partial charge is 0.308 e.